The number of rotatable bonds is 6. The number of aliphatic hydroxyl groups is 1. The van der Waals surface area contributed by atoms with Gasteiger partial charge in [-0.15, -0.1) is 0 Å². The third kappa shape index (κ3) is 9.06. The zero-order valence-corrected chi connectivity index (χ0v) is 25.1. The number of halogens is 1. The van der Waals surface area contributed by atoms with Gasteiger partial charge in [-0.3, -0.25) is 4.79 Å². The summed E-state index contributed by atoms with van der Waals surface area (Å²) in [5, 5.41) is 12.9. The van der Waals surface area contributed by atoms with Crippen LogP contribution in [-0.4, -0.2) is 92.5 Å². The first-order chi connectivity index (χ1) is 19.5. The first-order valence-corrected chi connectivity index (χ1v) is 14.3. The van der Waals surface area contributed by atoms with Crippen LogP contribution in [0.2, 0.25) is 0 Å². The lowest BCUT2D eigenvalue weighted by molar-refractivity contribution is -0.0115. The molecule has 1 aliphatic heterocycles. The maximum atomic E-state index is 14.1. The molecule has 0 radical (unpaired) electrons. The van der Waals surface area contributed by atoms with Crippen molar-refractivity contribution in [1.29, 1.82) is 0 Å². The SMILES string of the molecule is C[C@@H]1CN([C@H](C)CO)C(=O)c2cc(N(C)C)ccc2O[C@@H](C)CCCCO[C@H]1CN(C)C(=O)Nc1ccc(F)cc1. The Kier molecular flexibility index (Phi) is 11.8. The van der Waals surface area contributed by atoms with Crippen LogP contribution in [-0.2, 0) is 4.74 Å². The lowest BCUT2D eigenvalue weighted by Crippen LogP contribution is -2.48. The summed E-state index contributed by atoms with van der Waals surface area (Å²) in [6.07, 6.45) is 2.03. The Morgan fingerprint density at radius 3 is 2.51 bits per heavy atom. The Labute approximate surface area is 243 Å². The quantitative estimate of drug-likeness (QED) is 0.514. The summed E-state index contributed by atoms with van der Waals surface area (Å²) >= 11 is 0. The van der Waals surface area contributed by atoms with E-state index < -0.39 is 6.04 Å². The fourth-order valence-corrected chi connectivity index (χ4v) is 4.76. The van der Waals surface area contributed by atoms with Gasteiger partial charge in [-0.25, -0.2) is 9.18 Å². The van der Waals surface area contributed by atoms with Gasteiger partial charge in [0.25, 0.3) is 5.91 Å². The summed E-state index contributed by atoms with van der Waals surface area (Å²) in [5.74, 6) is -0.256. The number of amides is 3. The molecule has 4 atom stereocenters. The average molecular weight is 573 g/mol. The van der Waals surface area contributed by atoms with Crippen molar-refractivity contribution in [2.75, 3.05) is 57.7 Å². The van der Waals surface area contributed by atoms with Gasteiger partial charge in [0, 0.05) is 58.1 Å². The maximum Gasteiger partial charge on any atom is 0.321 e. The number of urea groups is 1. The van der Waals surface area contributed by atoms with Gasteiger partial charge in [0.2, 0.25) is 0 Å². The molecule has 0 fully saturated rings. The van der Waals surface area contributed by atoms with E-state index in [2.05, 4.69) is 5.32 Å². The number of ether oxygens (including phenoxy) is 2. The Hall–Kier alpha value is -3.37. The number of anilines is 2. The normalized spacial score (nSPS) is 21.2. The number of likely N-dealkylation sites (N-methyl/N-ethyl adjacent to an activating group) is 1. The van der Waals surface area contributed by atoms with Crippen molar-refractivity contribution < 1.29 is 28.6 Å². The predicted octanol–water partition coefficient (Wildman–Crippen LogP) is 4.85. The van der Waals surface area contributed by atoms with Crippen LogP contribution in [0.4, 0.5) is 20.6 Å². The van der Waals surface area contributed by atoms with Crippen LogP contribution in [0.1, 0.15) is 50.4 Å². The second-order valence-corrected chi connectivity index (χ2v) is 11.2. The minimum atomic E-state index is -0.453. The molecule has 10 heteroatoms. The summed E-state index contributed by atoms with van der Waals surface area (Å²) < 4.78 is 25.8. The number of aliphatic hydroxyl groups excluding tert-OH is 1. The number of nitrogens with one attached hydrogen (secondary N) is 1. The summed E-state index contributed by atoms with van der Waals surface area (Å²) in [4.78, 5) is 32.1. The third-order valence-electron chi connectivity index (χ3n) is 7.45. The summed E-state index contributed by atoms with van der Waals surface area (Å²) in [5.41, 5.74) is 1.80. The summed E-state index contributed by atoms with van der Waals surface area (Å²) in [7, 11) is 5.51. The Morgan fingerprint density at radius 1 is 1.15 bits per heavy atom. The zero-order chi connectivity index (χ0) is 30.1. The van der Waals surface area contributed by atoms with E-state index in [1.807, 2.05) is 58.0 Å². The largest absolute Gasteiger partial charge is 0.490 e. The standard InChI is InChI=1S/C31H45FN4O5/c1-21-18-36(22(2)20-37)30(38)27-17-26(34(4)5)14-15-28(27)41-23(3)9-7-8-16-40-29(21)19-35(6)31(39)33-25-12-10-24(32)11-13-25/h10-15,17,21-23,29,37H,7-9,16,18-20H2,1-6H3,(H,33,39)/t21-,22-,23+,29+/m1/s1. The molecular formula is C31H45FN4O5. The minimum absolute atomic E-state index is 0.102. The molecule has 0 aromatic heterocycles. The average Bonchev–Trinajstić information content (AvgIpc) is 2.94. The van der Waals surface area contributed by atoms with Crippen molar-refractivity contribution in [2.24, 2.45) is 5.92 Å². The molecule has 41 heavy (non-hydrogen) atoms. The van der Waals surface area contributed by atoms with Crippen LogP contribution in [0.15, 0.2) is 42.5 Å². The van der Waals surface area contributed by atoms with Crippen LogP contribution >= 0.6 is 0 Å². The molecule has 9 nitrogen and oxygen atoms in total. The van der Waals surface area contributed by atoms with Gasteiger partial charge in [-0.1, -0.05) is 6.92 Å². The topological polar surface area (TPSA) is 94.6 Å². The molecule has 0 unspecified atom stereocenters. The highest BCUT2D eigenvalue weighted by Gasteiger charge is 2.31. The highest BCUT2D eigenvalue weighted by Crippen LogP contribution is 2.29. The van der Waals surface area contributed by atoms with Gasteiger partial charge in [0.1, 0.15) is 11.6 Å². The molecule has 0 spiro atoms. The minimum Gasteiger partial charge on any atom is -0.490 e. The number of fused-ring (bicyclic) bond motifs is 1. The molecule has 2 N–H and O–H groups in total. The van der Waals surface area contributed by atoms with Crippen molar-refractivity contribution in [1.82, 2.24) is 9.80 Å². The molecule has 3 amide bonds. The van der Waals surface area contributed by atoms with Gasteiger partial charge >= 0.3 is 6.03 Å². The zero-order valence-electron chi connectivity index (χ0n) is 25.1. The summed E-state index contributed by atoms with van der Waals surface area (Å²) in [6.45, 7) is 6.68. The molecule has 2 aromatic carbocycles. The van der Waals surface area contributed by atoms with Gasteiger partial charge in [0.15, 0.2) is 0 Å². The molecule has 0 bridgehead atoms. The number of carbonyl (C=O) groups is 2. The number of nitrogens with zero attached hydrogens (tertiary/aromatic N) is 3. The molecule has 0 aliphatic carbocycles. The lowest BCUT2D eigenvalue weighted by Gasteiger charge is -2.36. The monoisotopic (exact) mass is 572 g/mol. The molecule has 1 aliphatic rings. The van der Waals surface area contributed by atoms with Crippen molar-refractivity contribution in [3.63, 3.8) is 0 Å². The van der Waals surface area contributed by atoms with E-state index in [1.165, 1.54) is 29.2 Å². The first-order valence-electron chi connectivity index (χ1n) is 14.3. The Balaban J connectivity index is 1.87. The van der Waals surface area contributed by atoms with Crippen molar-refractivity contribution in [2.45, 2.75) is 58.3 Å². The maximum absolute atomic E-state index is 14.1. The van der Waals surface area contributed by atoms with Crippen LogP contribution in [0.3, 0.4) is 0 Å². The fourth-order valence-electron chi connectivity index (χ4n) is 4.76. The molecule has 0 saturated carbocycles. The number of benzene rings is 2. The van der Waals surface area contributed by atoms with Gasteiger partial charge in [-0.2, -0.15) is 0 Å². The van der Waals surface area contributed by atoms with Crippen LogP contribution in [0.5, 0.6) is 5.75 Å². The number of hydrogen-bond acceptors (Lipinski definition) is 6. The van der Waals surface area contributed by atoms with Crippen LogP contribution in [0, 0.1) is 11.7 Å². The predicted molar refractivity (Wildman–Crippen MR) is 159 cm³/mol. The molecule has 2 aromatic rings. The second-order valence-electron chi connectivity index (χ2n) is 11.2. The highest BCUT2D eigenvalue weighted by atomic mass is 19.1. The Morgan fingerprint density at radius 2 is 1.85 bits per heavy atom. The summed E-state index contributed by atoms with van der Waals surface area (Å²) in [6, 6.07) is 10.4. The highest BCUT2D eigenvalue weighted by molar-refractivity contribution is 5.98. The van der Waals surface area contributed by atoms with E-state index in [0.29, 0.717) is 30.2 Å². The first kappa shape index (κ1) is 32.1. The Bertz CT molecular complexity index is 1150. The second kappa shape index (κ2) is 15.0. The molecule has 0 saturated heterocycles. The van der Waals surface area contributed by atoms with E-state index in [4.69, 9.17) is 9.47 Å². The van der Waals surface area contributed by atoms with Gasteiger partial charge in [-0.05, 0) is 75.6 Å². The molecule has 3 rings (SSSR count). The number of carbonyl (C=O) groups excluding carboxylic acids is 2. The van der Waals surface area contributed by atoms with Crippen molar-refractivity contribution >= 4 is 23.3 Å². The van der Waals surface area contributed by atoms with E-state index in [9.17, 15) is 19.1 Å². The van der Waals surface area contributed by atoms with Crippen LogP contribution < -0.4 is 15.0 Å². The molecular weight excluding hydrogens is 527 g/mol. The van der Waals surface area contributed by atoms with E-state index in [1.54, 1.807) is 11.9 Å². The van der Waals surface area contributed by atoms with E-state index >= 15 is 0 Å². The fraction of sp³-hybridized carbons (Fsp3) is 0.548. The smallest absolute Gasteiger partial charge is 0.321 e. The van der Waals surface area contributed by atoms with E-state index in [-0.39, 0.29) is 49.0 Å². The third-order valence-corrected chi connectivity index (χ3v) is 7.45. The molecule has 1 heterocycles. The number of hydrogen-bond donors (Lipinski definition) is 2. The van der Waals surface area contributed by atoms with Crippen molar-refractivity contribution in [3.05, 3.63) is 53.8 Å². The van der Waals surface area contributed by atoms with Crippen molar-refractivity contribution in [3.8, 4) is 5.75 Å². The van der Waals surface area contributed by atoms with Gasteiger partial charge in [0.05, 0.1) is 30.4 Å². The van der Waals surface area contributed by atoms with Crippen LogP contribution in [0.25, 0.3) is 0 Å². The van der Waals surface area contributed by atoms with Gasteiger partial charge < -0.3 is 34.6 Å². The molecule has 226 valence electrons. The lowest BCUT2D eigenvalue weighted by atomic mass is 10.0. The van der Waals surface area contributed by atoms with E-state index in [0.717, 1.165) is 24.9 Å².